The van der Waals surface area contributed by atoms with E-state index in [0.29, 0.717) is 54.0 Å². The summed E-state index contributed by atoms with van der Waals surface area (Å²) in [6, 6.07) is 15.9. The van der Waals surface area contributed by atoms with Crippen LogP contribution in [0.2, 0.25) is 0 Å². The third kappa shape index (κ3) is 19.8. The Morgan fingerprint density at radius 1 is 0.714 bits per heavy atom. The maximum absolute atomic E-state index is 15.1. The summed E-state index contributed by atoms with van der Waals surface area (Å²) < 4.78 is 28.5. The molecule has 3 aliphatic heterocycles. The molecule has 3 aliphatic rings. The van der Waals surface area contributed by atoms with Crippen molar-refractivity contribution in [1.29, 1.82) is 0 Å². The molecule has 3 aromatic rings. The molecule has 6 rings (SSSR count). The van der Waals surface area contributed by atoms with Gasteiger partial charge < -0.3 is 53.5 Å². The molecule has 2 bridgehead atoms. The zero-order valence-electron chi connectivity index (χ0n) is 54.9. The molecule has 0 radical (unpaired) electrons. The number of anilines is 1. The molecule has 22 heteroatoms. The normalized spacial score (nSPS) is 23.1. The molecule has 494 valence electrons. The van der Waals surface area contributed by atoms with Crippen LogP contribution in [0.1, 0.15) is 154 Å². The lowest BCUT2D eigenvalue weighted by Crippen LogP contribution is -2.57. The summed E-state index contributed by atoms with van der Waals surface area (Å²) in [6.45, 7) is 11.6. The largest absolute Gasteiger partial charge is 0.493 e. The average molecular weight is 1260 g/mol. The predicted octanol–water partition coefficient (Wildman–Crippen LogP) is 7.74. The van der Waals surface area contributed by atoms with Crippen LogP contribution in [0.4, 0.5) is 5.69 Å². The predicted molar refractivity (Wildman–Crippen MR) is 338 cm³/mol. The Bertz CT molecular complexity index is 3150. The molecule has 3 heterocycles. The number of piperidine rings is 1. The molecule has 0 spiro atoms. The van der Waals surface area contributed by atoms with Crippen LogP contribution in [-0.4, -0.2) is 181 Å². The van der Waals surface area contributed by atoms with Gasteiger partial charge in [-0.25, -0.2) is 9.59 Å². The summed E-state index contributed by atoms with van der Waals surface area (Å²) in [5.41, 5.74) is -0.435. The van der Waals surface area contributed by atoms with Crippen molar-refractivity contribution in [2.45, 2.75) is 174 Å². The van der Waals surface area contributed by atoms with Gasteiger partial charge in [0.05, 0.1) is 32.0 Å². The summed E-state index contributed by atoms with van der Waals surface area (Å²) >= 11 is 0. The number of carbonyl (C=O) groups is 11. The van der Waals surface area contributed by atoms with Gasteiger partial charge in [0.15, 0.2) is 11.5 Å². The lowest BCUT2D eigenvalue weighted by atomic mass is 9.87. The quantitative estimate of drug-likeness (QED) is 0.116. The first kappa shape index (κ1) is 71.6. The summed E-state index contributed by atoms with van der Waals surface area (Å²) in [7, 11) is 7.48. The van der Waals surface area contributed by atoms with Gasteiger partial charge in [0.1, 0.15) is 48.3 Å². The number of cyclic esters (lactones) is 2. The lowest BCUT2D eigenvalue weighted by Gasteiger charge is -2.37. The number of methoxy groups -OCH3 is 2. The number of ether oxygens (including phenoxy) is 5. The SMILES string of the molecule is COc1ccc(CC[C@H]2OC(=O)[C@@H]3CCCCN3C(=O)C(=O)C(C)(C)COC(=O)C=CCCN(C)C(=O)[C@H](CC(C)C)N(C)C(=O)[C@H]3CCCN3C(=O)[C@H](CC(=O)OC(C)(C)C)N(C)C(=O)C(c3ccccc3)CC(=O)CCC(=O)Nc3cccc2c3)cc1OC. The summed E-state index contributed by atoms with van der Waals surface area (Å²) in [5, 5.41) is 2.85. The second-order valence-corrected chi connectivity index (χ2v) is 25.9. The molecule has 22 nitrogen and oxygen atoms in total. The van der Waals surface area contributed by atoms with Gasteiger partial charge in [0, 0.05) is 71.8 Å². The highest BCUT2D eigenvalue weighted by molar-refractivity contribution is 6.38. The topological polar surface area (TPSA) is 262 Å². The van der Waals surface area contributed by atoms with Crippen LogP contribution in [-0.2, 0) is 73.4 Å². The number of aryl methyl sites for hydroxylation is 1. The van der Waals surface area contributed by atoms with E-state index in [-0.39, 0.29) is 76.9 Å². The third-order valence-electron chi connectivity index (χ3n) is 16.7. The molecule has 6 amide bonds. The molecule has 0 saturated carbocycles. The highest BCUT2D eigenvalue weighted by Crippen LogP contribution is 2.34. The molecule has 1 N–H and O–H groups in total. The first-order chi connectivity index (χ1) is 43.0. The minimum absolute atomic E-state index is 0.0642. The lowest BCUT2D eigenvalue weighted by molar-refractivity contribution is -0.165. The monoisotopic (exact) mass is 1260 g/mol. The van der Waals surface area contributed by atoms with Crippen LogP contribution >= 0.6 is 0 Å². The summed E-state index contributed by atoms with van der Waals surface area (Å²) in [5.74, 6) is -7.71. The van der Waals surface area contributed by atoms with Gasteiger partial charge >= 0.3 is 17.9 Å². The number of Topliss-reactive ketones (excluding diaryl/α,β-unsaturated/α-hetero) is 2. The fourth-order valence-corrected chi connectivity index (χ4v) is 11.6. The Morgan fingerprint density at radius 3 is 2.07 bits per heavy atom. The summed E-state index contributed by atoms with van der Waals surface area (Å²) in [4.78, 5) is 163. The number of hydrogen-bond acceptors (Lipinski definition) is 16. The fraction of sp³-hybridized carbons (Fsp3) is 0.551. The van der Waals surface area contributed by atoms with Crippen LogP contribution in [0, 0.1) is 11.3 Å². The molecule has 3 aromatic carbocycles. The number of carbonyl (C=O) groups excluding carboxylic acids is 11. The van der Waals surface area contributed by atoms with Gasteiger partial charge in [-0.05, 0) is 139 Å². The zero-order chi connectivity index (χ0) is 66.9. The van der Waals surface area contributed by atoms with E-state index in [1.807, 2.05) is 19.9 Å². The maximum atomic E-state index is 15.1. The number of amides is 6. The molecular weight excluding hydrogens is 1170 g/mol. The van der Waals surface area contributed by atoms with Crippen LogP contribution in [0.15, 0.2) is 84.9 Å². The number of ketones is 2. The van der Waals surface area contributed by atoms with Gasteiger partial charge in [0.25, 0.3) is 5.91 Å². The Labute approximate surface area is 534 Å². The molecule has 0 aliphatic carbocycles. The number of hydrogen-bond donors (Lipinski definition) is 1. The Kier molecular flexibility index (Phi) is 25.6. The van der Waals surface area contributed by atoms with Crippen molar-refractivity contribution in [1.82, 2.24) is 24.5 Å². The van der Waals surface area contributed by atoms with Crippen molar-refractivity contribution < 1.29 is 76.4 Å². The Morgan fingerprint density at radius 2 is 1.38 bits per heavy atom. The van der Waals surface area contributed by atoms with Crippen LogP contribution < -0.4 is 14.8 Å². The number of benzene rings is 3. The van der Waals surface area contributed by atoms with Crippen molar-refractivity contribution in [3.8, 4) is 11.5 Å². The highest BCUT2D eigenvalue weighted by atomic mass is 16.6. The molecule has 1 unspecified atom stereocenters. The van der Waals surface area contributed by atoms with Crippen LogP contribution in [0.3, 0.4) is 0 Å². The number of esters is 3. The van der Waals surface area contributed by atoms with E-state index in [1.165, 1.54) is 67.8 Å². The van der Waals surface area contributed by atoms with E-state index in [9.17, 15) is 43.2 Å². The molecule has 2 saturated heterocycles. The van der Waals surface area contributed by atoms with Crippen LogP contribution in [0.25, 0.3) is 0 Å². The minimum Gasteiger partial charge on any atom is -0.493 e. The Balaban J connectivity index is 1.35. The van der Waals surface area contributed by atoms with Gasteiger partial charge in [-0.15, -0.1) is 0 Å². The minimum atomic E-state index is -1.52. The zero-order valence-corrected chi connectivity index (χ0v) is 54.9. The van der Waals surface area contributed by atoms with E-state index in [4.69, 9.17) is 23.7 Å². The Hall–Kier alpha value is -8.43. The van der Waals surface area contributed by atoms with E-state index in [1.54, 1.807) is 94.5 Å². The van der Waals surface area contributed by atoms with Gasteiger partial charge in [-0.3, -0.25) is 43.2 Å². The number of rotatable bonds is 10. The standard InChI is InChI=1S/C69H92N6O16/c1-44(2)38-53-63(82)71(8)35-18-17-28-59(78)89-43-69(6,7)61(80)66(85)75-36-19-16-26-52(75)67(86)90-55(32-29-45-30-33-56(87-11)57(39-45)88-12)47-24-20-25-48(40-47)70-58(77)34-31-49(76)41-50(46-22-14-13-15-23-46)62(81)72(9)54(42-60(79)91-68(3,4)5)65(84)74-37-21-27-51(74)64(83)73(53)10/h13-15,17,20,22-25,28,30,33,39-40,44,50-55H,16,18-19,21,26-27,29,31-32,34-38,41-43H2,1-12H3,(H,70,77)/t50?,51-,52+,53+,54+,55-/m1/s1. The van der Waals surface area contributed by atoms with Gasteiger partial charge in [0.2, 0.25) is 35.3 Å². The molecule has 6 atom stereocenters. The van der Waals surface area contributed by atoms with Gasteiger partial charge in [-0.2, -0.15) is 0 Å². The van der Waals surface area contributed by atoms with E-state index in [2.05, 4.69) is 5.32 Å². The van der Waals surface area contributed by atoms with Gasteiger partial charge in [-0.1, -0.05) is 68.5 Å². The van der Waals surface area contributed by atoms with Crippen LogP contribution in [0.5, 0.6) is 11.5 Å². The van der Waals surface area contributed by atoms with E-state index >= 15 is 9.59 Å². The highest BCUT2D eigenvalue weighted by Gasteiger charge is 2.46. The first-order valence-electron chi connectivity index (χ1n) is 31.4. The second-order valence-electron chi connectivity index (χ2n) is 25.9. The molecule has 2 fully saturated rings. The maximum Gasteiger partial charge on any atom is 0.330 e. The molecule has 91 heavy (non-hydrogen) atoms. The number of fused-ring (bicyclic) bond motifs is 4. The summed E-state index contributed by atoms with van der Waals surface area (Å²) in [6.07, 6.45) is 3.05. The number of likely N-dealkylation sites (N-methyl/N-ethyl adjacent to an activating group) is 3. The number of nitrogens with zero attached hydrogens (tertiary/aromatic N) is 5. The van der Waals surface area contributed by atoms with Crippen molar-refractivity contribution >= 4 is 70.6 Å². The van der Waals surface area contributed by atoms with Crippen molar-refractivity contribution in [2.75, 3.05) is 66.9 Å². The second kappa shape index (κ2) is 32.5. The molecule has 0 aromatic heterocycles. The van der Waals surface area contributed by atoms with Crippen molar-refractivity contribution in [3.63, 3.8) is 0 Å². The average Bonchev–Trinajstić information content (AvgIpc) is 1.95. The van der Waals surface area contributed by atoms with E-state index in [0.717, 1.165) is 16.5 Å². The number of nitrogens with one attached hydrogen (secondary N) is 1. The first-order valence-corrected chi connectivity index (χ1v) is 31.4. The van der Waals surface area contributed by atoms with Crippen molar-refractivity contribution in [3.05, 3.63) is 102 Å². The molecular formula is C69H92N6O16. The smallest absolute Gasteiger partial charge is 0.330 e. The fourth-order valence-electron chi connectivity index (χ4n) is 11.6. The van der Waals surface area contributed by atoms with E-state index < -0.39 is 125 Å². The third-order valence-corrected chi connectivity index (χ3v) is 16.7. The van der Waals surface area contributed by atoms with Crippen molar-refractivity contribution in [2.24, 2.45) is 11.3 Å².